The predicted molar refractivity (Wildman–Crippen MR) is 71.7 cm³/mol. The lowest BCUT2D eigenvalue weighted by atomic mass is 10.1. The van der Waals surface area contributed by atoms with Gasteiger partial charge >= 0.3 is 6.18 Å². The molecule has 0 aromatic heterocycles. The van der Waals surface area contributed by atoms with Crippen molar-refractivity contribution >= 4 is 34.5 Å². The fraction of sp³-hybridized carbons (Fsp3) is 0.100. The van der Waals surface area contributed by atoms with Gasteiger partial charge in [0.1, 0.15) is 6.07 Å². The molecule has 0 atom stereocenters. The van der Waals surface area contributed by atoms with Crippen LogP contribution in [0.1, 0.15) is 5.56 Å². The molecule has 1 aromatic rings. The van der Waals surface area contributed by atoms with Crippen LogP contribution < -0.4 is 11.2 Å². The number of hydrogen-bond acceptors (Lipinski definition) is 6. The first-order valence-electron chi connectivity index (χ1n) is 5.21. The predicted octanol–water partition coefficient (Wildman–Crippen LogP) is 2.49. The number of nitrogens with zero attached hydrogens (tertiary/aromatic N) is 3. The van der Waals surface area contributed by atoms with Crippen LogP contribution in [0.3, 0.4) is 0 Å². The molecule has 0 saturated carbocycles. The Hall–Kier alpha value is -2.87. The standard InChI is InChI=1S/C10H6ClF3N6O2/c11-5-1-4(10(12,13)14)2-7(20(21)22)8(5)19-18-6(3-15)9(16)17/h1-2,19H,(H3,16,17)/b18-6+. The third-order valence-corrected chi connectivity index (χ3v) is 2.53. The zero-order valence-electron chi connectivity index (χ0n) is 10.4. The van der Waals surface area contributed by atoms with E-state index in [-0.39, 0.29) is 6.07 Å². The maximum atomic E-state index is 12.6. The average Bonchev–Trinajstić information content (AvgIpc) is 2.38. The number of nitriles is 1. The number of nitrogens with one attached hydrogen (secondary N) is 2. The summed E-state index contributed by atoms with van der Waals surface area (Å²) in [7, 11) is 0. The van der Waals surface area contributed by atoms with E-state index in [2.05, 4.69) is 5.10 Å². The van der Waals surface area contributed by atoms with E-state index in [0.717, 1.165) is 0 Å². The van der Waals surface area contributed by atoms with E-state index < -0.39 is 44.6 Å². The van der Waals surface area contributed by atoms with Gasteiger partial charge in [-0.25, -0.2) is 0 Å². The molecule has 0 amide bonds. The molecule has 116 valence electrons. The monoisotopic (exact) mass is 334 g/mol. The summed E-state index contributed by atoms with van der Waals surface area (Å²) in [4.78, 5) is 9.76. The van der Waals surface area contributed by atoms with Gasteiger partial charge in [0.05, 0.1) is 15.5 Å². The Kier molecular flexibility index (Phi) is 4.90. The maximum absolute atomic E-state index is 12.6. The summed E-state index contributed by atoms with van der Waals surface area (Å²) in [5, 5.41) is 29.1. The number of alkyl halides is 3. The van der Waals surface area contributed by atoms with Crippen LogP contribution in [0.15, 0.2) is 17.2 Å². The Labute approximate surface area is 125 Å². The van der Waals surface area contributed by atoms with Gasteiger partial charge in [0.2, 0.25) is 5.71 Å². The van der Waals surface area contributed by atoms with Crippen LogP contribution in [0, 0.1) is 26.9 Å². The van der Waals surface area contributed by atoms with Crippen LogP contribution in [0.4, 0.5) is 24.5 Å². The minimum absolute atomic E-state index is 0.267. The summed E-state index contributed by atoms with van der Waals surface area (Å²) >= 11 is 5.59. The Morgan fingerprint density at radius 2 is 2.14 bits per heavy atom. The highest BCUT2D eigenvalue weighted by Crippen LogP contribution is 2.39. The molecule has 1 rings (SSSR count). The number of rotatable bonds is 4. The SMILES string of the molecule is N#C/C(=N\Nc1c(Cl)cc(C(F)(F)F)cc1[N+](=O)[O-])C(=N)N. The zero-order chi connectivity index (χ0) is 17.1. The highest BCUT2D eigenvalue weighted by Gasteiger charge is 2.34. The number of nitro benzene ring substituents is 1. The van der Waals surface area contributed by atoms with E-state index in [1.807, 2.05) is 5.43 Å². The van der Waals surface area contributed by atoms with Gasteiger partial charge in [0.25, 0.3) is 5.69 Å². The fourth-order valence-corrected chi connectivity index (χ4v) is 1.52. The molecule has 0 bridgehead atoms. The summed E-state index contributed by atoms with van der Waals surface area (Å²) < 4.78 is 37.8. The molecule has 0 aliphatic heterocycles. The van der Waals surface area contributed by atoms with Crippen molar-refractivity contribution < 1.29 is 18.1 Å². The summed E-state index contributed by atoms with van der Waals surface area (Å²) in [6, 6.07) is 2.15. The second-order valence-electron chi connectivity index (χ2n) is 3.70. The van der Waals surface area contributed by atoms with Crippen molar-refractivity contribution in [3.8, 4) is 6.07 Å². The Balaban J connectivity index is 3.40. The van der Waals surface area contributed by atoms with Gasteiger partial charge in [0.15, 0.2) is 11.5 Å². The van der Waals surface area contributed by atoms with E-state index in [1.54, 1.807) is 0 Å². The van der Waals surface area contributed by atoms with E-state index >= 15 is 0 Å². The molecule has 0 unspecified atom stereocenters. The number of amidine groups is 1. The van der Waals surface area contributed by atoms with Crippen LogP contribution >= 0.6 is 11.6 Å². The fourth-order valence-electron chi connectivity index (χ4n) is 1.27. The average molecular weight is 335 g/mol. The van der Waals surface area contributed by atoms with Crippen molar-refractivity contribution in [1.29, 1.82) is 10.7 Å². The van der Waals surface area contributed by atoms with Gasteiger partial charge in [-0.1, -0.05) is 11.6 Å². The lowest BCUT2D eigenvalue weighted by Crippen LogP contribution is -2.22. The van der Waals surface area contributed by atoms with E-state index in [0.29, 0.717) is 6.07 Å². The molecule has 8 nitrogen and oxygen atoms in total. The number of halogens is 4. The van der Waals surface area contributed by atoms with E-state index in [4.69, 9.17) is 28.0 Å². The zero-order valence-corrected chi connectivity index (χ0v) is 11.2. The molecule has 1 aromatic carbocycles. The maximum Gasteiger partial charge on any atom is 0.416 e. The van der Waals surface area contributed by atoms with Crippen LogP contribution in [-0.2, 0) is 6.18 Å². The number of hydrazone groups is 1. The van der Waals surface area contributed by atoms with Gasteiger partial charge in [-0.15, -0.1) is 0 Å². The highest BCUT2D eigenvalue weighted by molar-refractivity contribution is 6.46. The van der Waals surface area contributed by atoms with Gasteiger partial charge in [-0.2, -0.15) is 23.5 Å². The summed E-state index contributed by atoms with van der Waals surface area (Å²) in [6.07, 6.45) is -4.83. The second-order valence-corrected chi connectivity index (χ2v) is 4.11. The van der Waals surface area contributed by atoms with Crippen molar-refractivity contribution in [3.63, 3.8) is 0 Å². The molecule has 4 N–H and O–H groups in total. The first-order valence-corrected chi connectivity index (χ1v) is 5.59. The molecular weight excluding hydrogens is 329 g/mol. The largest absolute Gasteiger partial charge is 0.416 e. The van der Waals surface area contributed by atoms with Gasteiger partial charge in [-0.05, 0) is 6.07 Å². The number of hydrogen-bond donors (Lipinski definition) is 3. The van der Waals surface area contributed by atoms with Gasteiger partial charge in [0, 0.05) is 6.07 Å². The molecule has 0 aliphatic carbocycles. The minimum atomic E-state index is -4.83. The number of nitro groups is 1. The Bertz CT molecular complexity index is 710. The Morgan fingerprint density at radius 3 is 2.55 bits per heavy atom. The molecule has 0 heterocycles. The molecule has 0 spiro atoms. The van der Waals surface area contributed by atoms with Crippen molar-refractivity contribution in [2.75, 3.05) is 5.43 Å². The normalized spacial score (nSPS) is 11.7. The van der Waals surface area contributed by atoms with Crippen LogP contribution in [0.2, 0.25) is 5.02 Å². The van der Waals surface area contributed by atoms with Crippen molar-refractivity contribution in [1.82, 2.24) is 0 Å². The van der Waals surface area contributed by atoms with Crippen LogP contribution in [0.25, 0.3) is 0 Å². The van der Waals surface area contributed by atoms with Gasteiger partial charge < -0.3 is 5.73 Å². The summed E-state index contributed by atoms with van der Waals surface area (Å²) in [5.41, 5.74) is 3.49. The first kappa shape index (κ1) is 17.2. The van der Waals surface area contributed by atoms with Crippen molar-refractivity contribution in [2.45, 2.75) is 6.18 Å². The molecule has 0 fully saturated rings. The third kappa shape index (κ3) is 3.83. The van der Waals surface area contributed by atoms with Crippen LogP contribution in [0.5, 0.6) is 0 Å². The van der Waals surface area contributed by atoms with E-state index in [9.17, 15) is 23.3 Å². The number of nitrogens with two attached hydrogens (primary N) is 1. The number of benzene rings is 1. The first-order chi connectivity index (χ1) is 10.1. The number of anilines is 1. The third-order valence-electron chi connectivity index (χ3n) is 2.23. The lowest BCUT2D eigenvalue weighted by Gasteiger charge is -2.10. The second kappa shape index (κ2) is 6.27. The topological polar surface area (TPSA) is 141 Å². The lowest BCUT2D eigenvalue weighted by molar-refractivity contribution is -0.384. The summed E-state index contributed by atoms with van der Waals surface area (Å²) in [5.74, 6) is -0.735. The van der Waals surface area contributed by atoms with Gasteiger partial charge in [-0.3, -0.25) is 20.9 Å². The van der Waals surface area contributed by atoms with E-state index in [1.165, 1.54) is 6.07 Å². The quantitative estimate of drug-likeness (QED) is 0.335. The minimum Gasteiger partial charge on any atom is -0.382 e. The Morgan fingerprint density at radius 1 is 1.55 bits per heavy atom. The van der Waals surface area contributed by atoms with Crippen LogP contribution in [-0.4, -0.2) is 16.5 Å². The molecule has 0 radical (unpaired) electrons. The highest BCUT2D eigenvalue weighted by atomic mass is 35.5. The van der Waals surface area contributed by atoms with Crippen molar-refractivity contribution in [2.24, 2.45) is 10.8 Å². The smallest absolute Gasteiger partial charge is 0.382 e. The molecule has 0 aliphatic rings. The molecular formula is C10H6ClF3N6O2. The molecule has 12 heteroatoms. The van der Waals surface area contributed by atoms with Crippen molar-refractivity contribution in [3.05, 3.63) is 32.8 Å². The molecule has 22 heavy (non-hydrogen) atoms. The summed E-state index contributed by atoms with van der Waals surface area (Å²) in [6.45, 7) is 0. The molecule has 0 saturated heterocycles.